The van der Waals surface area contributed by atoms with Gasteiger partial charge in [0.15, 0.2) is 0 Å². The number of hydrogen-bond acceptors (Lipinski definition) is 3. The lowest BCUT2D eigenvalue weighted by Crippen LogP contribution is -2.38. The highest BCUT2D eigenvalue weighted by atomic mass is 32.2. The molecule has 2 fully saturated rings. The standard InChI is InChI=1S/C26H33FN2O3S/c1-19-8-15-24(16-9-19)33(31,32)29-23(7-4-18-28-26(30)21-5-2-3-6-21)14-17-25(29)20-10-12-22(27)13-11-20/h8-13,15-16,21,23,25H,2-7,14,17-18H2,1H3,(H,28,30). The molecule has 1 saturated carbocycles. The highest BCUT2D eigenvalue weighted by Gasteiger charge is 2.42. The first-order chi connectivity index (χ1) is 15.9. The first kappa shape index (κ1) is 23.9. The van der Waals surface area contributed by atoms with E-state index in [1.807, 2.05) is 19.1 Å². The molecule has 1 saturated heterocycles. The predicted octanol–water partition coefficient (Wildman–Crippen LogP) is 5.12. The molecule has 2 aliphatic rings. The van der Waals surface area contributed by atoms with Crippen molar-refractivity contribution in [3.63, 3.8) is 0 Å². The minimum atomic E-state index is -3.73. The summed E-state index contributed by atoms with van der Waals surface area (Å²) in [5.74, 6) is -0.0655. The van der Waals surface area contributed by atoms with Crippen molar-refractivity contribution in [1.29, 1.82) is 0 Å². The lowest BCUT2D eigenvalue weighted by Gasteiger charge is -2.30. The van der Waals surface area contributed by atoms with Gasteiger partial charge >= 0.3 is 0 Å². The molecule has 0 bridgehead atoms. The van der Waals surface area contributed by atoms with E-state index in [4.69, 9.17) is 0 Å². The van der Waals surface area contributed by atoms with E-state index >= 15 is 0 Å². The molecule has 0 radical (unpaired) electrons. The summed E-state index contributed by atoms with van der Waals surface area (Å²) in [7, 11) is -3.73. The van der Waals surface area contributed by atoms with Gasteiger partial charge in [-0.25, -0.2) is 12.8 Å². The Bertz CT molecular complexity index is 1050. The van der Waals surface area contributed by atoms with Gasteiger partial charge in [0, 0.05) is 18.5 Å². The van der Waals surface area contributed by atoms with Crippen molar-refractivity contribution in [3.8, 4) is 0 Å². The first-order valence-electron chi connectivity index (χ1n) is 12.0. The van der Waals surface area contributed by atoms with Gasteiger partial charge in [-0.15, -0.1) is 0 Å². The van der Waals surface area contributed by atoms with E-state index < -0.39 is 10.0 Å². The number of carbonyl (C=O) groups excluding carboxylic acids is 1. The van der Waals surface area contributed by atoms with Crippen LogP contribution in [0.25, 0.3) is 0 Å². The molecule has 0 spiro atoms. The number of hydrogen-bond donors (Lipinski definition) is 1. The van der Waals surface area contributed by atoms with Gasteiger partial charge in [0.2, 0.25) is 15.9 Å². The Hall–Kier alpha value is -2.25. The zero-order valence-corrected chi connectivity index (χ0v) is 20.0. The normalized spacial score (nSPS) is 22.0. The molecule has 2 aromatic rings. The topological polar surface area (TPSA) is 66.5 Å². The van der Waals surface area contributed by atoms with E-state index in [0.29, 0.717) is 19.4 Å². The van der Waals surface area contributed by atoms with Gasteiger partial charge in [-0.05, 0) is 75.3 Å². The molecule has 1 aliphatic carbocycles. The van der Waals surface area contributed by atoms with Gasteiger partial charge in [-0.2, -0.15) is 4.31 Å². The van der Waals surface area contributed by atoms with Crippen LogP contribution < -0.4 is 5.32 Å². The molecule has 1 N–H and O–H groups in total. The fourth-order valence-corrected chi connectivity index (χ4v) is 7.10. The number of carbonyl (C=O) groups is 1. The summed E-state index contributed by atoms with van der Waals surface area (Å²) < 4.78 is 42.5. The largest absolute Gasteiger partial charge is 0.356 e. The van der Waals surface area contributed by atoms with Crippen LogP contribution in [0.2, 0.25) is 0 Å². The maximum Gasteiger partial charge on any atom is 0.243 e. The zero-order valence-electron chi connectivity index (χ0n) is 19.2. The molecule has 1 heterocycles. The second-order valence-corrected chi connectivity index (χ2v) is 11.2. The molecule has 178 valence electrons. The molecule has 7 heteroatoms. The molecule has 1 amide bonds. The van der Waals surface area contributed by atoms with Crippen LogP contribution >= 0.6 is 0 Å². The number of amides is 1. The van der Waals surface area contributed by atoms with Gasteiger partial charge in [0.1, 0.15) is 5.82 Å². The van der Waals surface area contributed by atoms with Crippen molar-refractivity contribution in [2.24, 2.45) is 5.92 Å². The SMILES string of the molecule is Cc1ccc(S(=O)(=O)N2C(CCCNC(=O)C3CCCC3)CCC2c2ccc(F)cc2)cc1. The smallest absolute Gasteiger partial charge is 0.243 e. The van der Waals surface area contributed by atoms with Crippen LogP contribution in [0.5, 0.6) is 0 Å². The fraction of sp³-hybridized carbons (Fsp3) is 0.500. The average Bonchev–Trinajstić information content (AvgIpc) is 3.48. The average molecular weight is 473 g/mol. The summed E-state index contributed by atoms with van der Waals surface area (Å²) in [6.07, 6.45) is 7.01. The number of halogens is 1. The quantitative estimate of drug-likeness (QED) is 0.543. The third-order valence-corrected chi connectivity index (χ3v) is 9.01. The van der Waals surface area contributed by atoms with E-state index in [1.54, 1.807) is 28.6 Å². The Morgan fingerprint density at radius 3 is 2.33 bits per heavy atom. The van der Waals surface area contributed by atoms with Crippen molar-refractivity contribution in [3.05, 3.63) is 65.5 Å². The van der Waals surface area contributed by atoms with Crippen LogP contribution in [0.4, 0.5) is 4.39 Å². The van der Waals surface area contributed by atoms with Gasteiger partial charge in [0.05, 0.1) is 10.9 Å². The second kappa shape index (κ2) is 10.3. The Labute approximate surface area is 196 Å². The van der Waals surface area contributed by atoms with Gasteiger partial charge < -0.3 is 5.32 Å². The van der Waals surface area contributed by atoms with E-state index in [-0.39, 0.29) is 34.6 Å². The van der Waals surface area contributed by atoms with E-state index in [0.717, 1.165) is 49.7 Å². The van der Waals surface area contributed by atoms with E-state index in [1.165, 1.54) is 12.1 Å². The Morgan fingerprint density at radius 1 is 1.00 bits per heavy atom. The second-order valence-electron chi connectivity index (χ2n) is 9.36. The van der Waals surface area contributed by atoms with Crippen LogP contribution in [0.1, 0.15) is 68.5 Å². The molecule has 1 aliphatic heterocycles. The predicted molar refractivity (Wildman–Crippen MR) is 127 cm³/mol. The maximum absolute atomic E-state index is 13.7. The van der Waals surface area contributed by atoms with E-state index in [2.05, 4.69) is 5.32 Å². The first-order valence-corrected chi connectivity index (χ1v) is 13.4. The number of rotatable bonds is 8. The van der Waals surface area contributed by atoms with Crippen LogP contribution in [0.3, 0.4) is 0 Å². The molecule has 33 heavy (non-hydrogen) atoms. The van der Waals surface area contributed by atoms with Crippen LogP contribution in [-0.4, -0.2) is 31.2 Å². The highest BCUT2D eigenvalue weighted by Crippen LogP contribution is 2.42. The molecule has 2 unspecified atom stereocenters. The minimum Gasteiger partial charge on any atom is -0.356 e. The number of benzene rings is 2. The summed E-state index contributed by atoms with van der Waals surface area (Å²) in [6, 6.07) is 12.6. The monoisotopic (exact) mass is 472 g/mol. The Morgan fingerprint density at radius 2 is 1.67 bits per heavy atom. The molecular formula is C26H33FN2O3S. The van der Waals surface area contributed by atoms with Crippen LogP contribution in [0.15, 0.2) is 53.4 Å². The lowest BCUT2D eigenvalue weighted by molar-refractivity contribution is -0.124. The van der Waals surface area contributed by atoms with Crippen molar-refractivity contribution in [1.82, 2.24) is 9.62 Å². The van der Waals surface area contributed by atoms with Crippen molar-refractivity contribution < 1.29 is 17.6 Å². The summed E-state index contributed by atoms with van der Waals surface area (Å²) in [5, 5.41) is 3.04. The molecule has 2 atom stereocenters. The maximum atomic E-state index is 13.7. The molecule has 4 rings (SSSR count). The molecular weight excluding hydrogens is 439 g/mol. The van der Waals surface area contributed by atoms with Crippen molar-refractivity contribution >= 4 is 15.9 Å². The number of sulfonamides is 1. The highest BCUT2D eigenvalue weighted by molar-refractivity contribution is 7.89. The number of nitrogens with one attached hydrogen (secondary N) is 1. The van der Waals surface area contributed by atoms with Crippen LogP contribution in [0, 0.1) is 18.7 Å². The molecule has 5 nitrogen and oxygen atoms in total. The fourth-order valence-electron chi connectivity index (χ4n) is 5.21. The van der Waals surface area contributed by atoms with Crippen molar-refractivity contribution in [2.75, 3.05) is 6.54 Å². The van der Waals surface area contributed by atoms with Gasteiger partial charge in [0.25, 0.3) is 0 Å². The third kappa shape index (κ3) is 5.46. The Kier molecular flexibility index (Phi) is 7.49. The molecule has 2 aromatic carbocycles. The summed E-state index contributed by atoms with van der Waals surface area (Å²) in [6.45, 7) is 2.49. The summed E-state index contributed by atoms with van der Waals surface area (Å²) in [4.78, 5) is 12.6. The van der Waals surface area contributed by atoms with E-state index in [9.17, 15) is 17.6 Å². The third-order valence-electron chi connectivity index (χ3n) is 7.03. The zero-order chi connectivity index (χ0) is 23.4. The number of aryl methyl sites for hydroxylation is 1. The van der Waals surface area contributed by atoms with Gasteiger partial charge in [-0.1, -0.05) is 42.7 Å². The molecule has 0 aromatic heterocycles. The van der Waals surface area contributed by atoms with Crippen LogP contribution in [-0.2, 0) is 14.8 Å². The van der Waals surface area contributed by atoms with Crippen molar-refractivity contribution in [2.45, 2.75) is 75.3 Å². The minimum absolute atomic E-state index is 0.132. The lowest BCUT2D eigenvalue weighted by atomic mass is 10.0. The van der Waals surface area contributed by atoms with Gasteiger partial charge in [-0.3, -0.25) is 4.79 Å². The summed E-state index contributed by atoms with van der Waals surface area (Å²) in [5.41, 5.74) is 1.81. The summed E-state index contributed by atoms with van der Waals surface area (Å²) >= 11 is 0. The Balaban J connectivity index is 1.49. The number of nitrogens with zero attached hydrogens (tertiary/aromatic N) is 1.